The first-order valence-electron chi connectivity index (χ1n) is 13.5. The quantitative estimate of drug-likeness (QED) is 0.201. The van der Waals surface area contributed by atoms with Crippen LogP contribution in [0.1, 0.15) is 36.0 Å². The third kappa shape index (κ3) is 4.21. The van der Waals surface area contributed by atoms with E-state index in [0.29, 0.717) is 6.54 Å². The number of fused-ring (bicyclic) bond motifs is 3. The first-order chi connectivity index (χ1) is 18.9. The largest absolute Gasteiger partial charge is 0.508 e. The summed E-state index contributed by atoms with van der Waals surface area (Å²) >= 11 is 0. The maximum absolute atomic E-state index is 15.8. The van der Waals surface area contributed by atoms with E-state index in [2.05, 4.69) is 10.2 Å². The topological polar surface area (TPSA) is 177 Å². The summed E-state index contributed by atoms with van der Waals surface area (Å²) in [6.07, 6.45) is 2.15. The van der Waals surface area contributed by atoms with Crippen LogP contribution in [0.3, 0.4) is 0 Å². The molecular weight excluding hydrogens is 523 g/mol. The van der Waals surface area contributed by atoms with Gasteiger partial charge >= 0.3 is 0 Å². The van der Waals surface area contributed by atoms with Crippen LogP contribution in [0.15, 0.2) is 23.0 Å². The van der Waals surface area contributed by atoms with E-state index in [9.17, 15) is 34.8 Å². The number of likely N-dealkylation sites (tertiary alicyclic amines) is 1. The number of carbonyl (C=O) groups is 3. The molecule has 1 amide bonds. The number of aliphatic hydroxyl groups is 3. The van der Waals surface area contributed by atoms with Crippen LogP contribution in [-0.4, -0.2) is 99.6 Å². The number of primary amides is 1. The molecule has 2 fully saturated rings. The molecule has 1 saturated heterocycles. The molecule has 0 radical (unpaired) electrons. The molecule has 1 saturated carbocycles. The Balaban J connectivity index is 1.52. The highest BCUT2D eigenvalue weighted by Gasteiger charge is 2.64. The Morgan fingerprint density at radius 3 is 2.52 bits per heavy atom. The molecule has 3 aliphatic carbocycles. The first kappa shape index (κ1) is 28.2. The number of phenolic OH excluding ortho intramolecular Hbond substituents is 1. The fourth-order valence-corrected chi connectivity index (χ4v) is 6.94. The summed E-state index contributed by atoms with van der Waals surface area (Å²) in [6, 6.07) is 0.00454. The van der Waals surface area contributed by atoms with Gasteiger partial charge in [-0.15, -0.1) is 0 Å². The molecule has 0 unspecified atom stereocenters. The van der Waals surface area contributed by atoms with E-state index in [0.717, 1.165) is 19.6 Å². The number of halogens is 1. The van der Waals surface area contributed by atoms with Crippen molar-refractivity contribution in [2.75, 3.05) is 40.3 Å². The second-order valence-electron chi connectivity index (χ2n) is 11.4. The van der Waals surface area contributed by atoms with E-state index in [1.165, 1.54) is 37.9 Å². The van der Waals surface area contributed by atoms with Crippen LogP contribution in [0, 0.1) is 17.7 Å². The van der Waals surface area contributed by atoms with Crippen LogP contribution in [0.4, 0.5) is 4.39 Å². The molecule has 11 nitrogen and oxygen atoms in total. The second kappa shape index (κ2) is 10.3. The van der Waals surface area contributed by atoms with Gasteiger partial charge in [-0.3, -0.25) is 19.3 Å². The number of aliphatic hydroxyl groups excluding tert-OH is 2. The van der Waals surface area contributed by atoms with Gasteiger partial charge in [-0.05, 0) is 64.9 Å². The van der Waals surface area contributed by atoms with Crippen molar-refractivity contribution >= 4 is 23.2 Å². The van der Waals surface area contributed by atoms with Crippen LogP contribution in [0.25, 0.3) is 5.76 Å². The maximum Gasteiger partial charge on any atom is 0.255 e. The minimum atomic E-state index is -2.72. The van der Waals surface area contributed by atoms with Crippen molar-refractivity contribution < 1.29 is 39.2 Å². The van der Waals surface area contributed by atoms with E-state index < -0.39 is 69.6 Å². The van der Waals surface area contributed by atoms with Crippen molar-refractivity contribution in [1.82, 2.24) is 15.1 Å². The average Bonchev–Trinajstić information content (AvgIpc) is 3.40. The lowest BCUT2D eigenvalue weighted by atomic mass is 9.57. The SMILES string of the molecule is CN(C)[C@@H]1C(=O)C(C(N)=O)=C(O)[C@@]2(O)C(=O)C3=C(O)c4c(O)cc(CNCCN5CCCC5)c(F)c4C[C@H]3C[C@@H]12. The fourth-order valence-electron chi connectivity index (χ4n) is 6.94. The lowest BCUT2D eigenvalue weighted by molar-refractivity contribution is -0.153. The molecule has 216 valence electrons. The lowest BCUT2D eigenvalue weighted by Gasteiger charge is -2.50. The van der Waals surface area contributed by atoms with Crippen molar-refractivity contribution in [3.63, 3.8) is 0 Å². The normalized spacial score (nSPS) is 28.7. The number of ketones is 2. The molecule has 1 aliphatic heterocycles. The van der Waals surface area contributed by atoms with Gasteiger partial charge in [0.2, 0.25) is 5.78 Å². The minimum absolute atomic E-state index is 0.0296. The third-order valence-electron chi connectivity index (χ3n) is 8.85. The Labute approximate surface area is 230 Å². The summed E-state index contributed by atoms with van der Waals surface area (Å²) in [7, 11) is 3.04. The molecule has 0 aromatic heterocycles. The molecule has 12 heteroatoms. The Hall–Kier alpha value is -3.32. The first-order valence-corrected chi connectivity index (χ1v) is 13.5. The van der Waals surface area contributed by atoms with Crippen molar-refractivity contribution in [1.29, 1.82) is 0 Å². The molecule has 1 heterocycles. The van der Waals surface area contributed by atoms with Gasteiger partial charge in [-0.25, -0.2) is 4.39 Å². The number of hydrogen-bond acceptors (Lipinski definition) is 10. The summed E-state index contributed by atoms with van der Waals surface area (Å²) in [5.41, 5.74) is 1.40. The summed E-state index contributed by atoms with van der Waals surface area (Å²) < 4.78 is 15.8. The predicted molar refractivity (Wildman–Crippen MR) is 142 cm³/mol. The molecule has 4 atom stereocenters. The second-order valence-corrected chi connectivity index (χ2v) is 11.4. The minimum Gasteiger partial charge on any atom is -0.508 e. The Kier molecular flexibility index (Phi) is 7.24. The van der Waals surface area contributed by atoms with Gasteiger partial charge in [0.25, 0.3) is 5.91 Å². The van der Waals surface area contributed by atoms with E-state index in [-0.39, 0.29) is 41.6 Å². The number of nitrogens with two attached hydrogens (primary N) is 1. The number of nitrogens with one attached hydrogen (secondary N) is 1. The van der Waals surface area contributed by atoms with Crippen molar-refractivity contribution in [2.24, 2.45) is 17.6 Å². The highest BCUT2D eigenvalue weighted by molar-refractivity contribution is 6.24. The molecule has 5 rings (SSSR count). The summed E-state index contributed by atoms with van der Waals surface area (Å²) in [5, 5.41) is 47.7. The van der Waals surface area contributed by atoms with Gasteiger partial charge in [0.05, 0.1) is 11.6 Å². The molecule has 40 heavy (non-hydrogen) atoms. The highest BCUT2D eigenvalue weighted by Crippen LogP contribution is 2.53. The smallest absolute Gasteiger partial charge is 0.255 e. The number of aromatic hydroxyl groups is 1. The van der Waals surface area contributed by atoms with E-state index in [1.807, 2.05) is 0 Å². The summed E-state index contributed by atoms with van der Waals surface area (Å²) in [6.45, 7) is 3.68. The monoisotopic (exact) mass is 558 g/mol. The zero-order chi connectivity index (χ0) is 29.1. The summed E-state index contributed by atoms with van der Waals surface area (Å²) in [4.78, 5) is 42.7. The fraction of sp³-hybridized carbons (Fsp3) is 0.536. The highest BCUT2D eigenvalue weighted by atomic mass is 19.1. The number of carbonyl (C=O) groups excluding carboxylic acids is 3. The number of nitrogens with zero attached hydrogens (tertiary/aromatic N) is 2. The van der Waals surface area contributed by atoms with Crippen molar-refractivity contribution in [2.45, 2.75) is 43.9 Å². The molecule has 1 aromatic carbocycles. The number of phenols is 1. The lowest BCUT2D eigenvalue weighted by Crippen LogP contribution is -2.65. The van der Waals surface area contributed by atoms with Crippen LogP contribution >= 0.6 is 0 Å². The Bertz CT molecular complexity index is 1350. The Morgan fingerprint density at radius 2 is 1.90 bits per heavy atom. The number of Topliss-reactive ketones (excluding diaryl/α,β-unsaturated/α-hetero) is 2. The molecule has 0 bridgehead atoms. The number of benzene rings is 1. The van der Waals surface area contributed by atoms with Gasteiger partial charge in [-0.1, -0.05) is 0 Å². The van der Waals surface area contributed by atoms with E-state index in [1.54, 1.807) is 0 Å². The zero-order valence-electron chi connectivity index (χ0n) is 22.5. The van der Waals surface area contributed by atoms with Gasteiger partial charge in [-0.2, -0.15) is 0 Å². The van der Waals surface area contributed by atoms with Gasteiger partial charge in [0.1, 0.15) is 28.7 Å². The standard InChI is InChI=1S/C28H35FN4O7/c1-32(2)22-16-10-13-9-15-19(17(34)11-14(21(15)29)12-31-5-8-33-6-3-4-7-33)23(35)18(13)25(37)28(16,40)26(38)20(24(22)36)27(30)39/h11,13,16,22,31,34-35,38,40H,3-10,12H2,1-2H3,(H2,30,39)/t13-,16-,22-,28-/m0/s1. The Morgan fingerprint density at radius 1 is 1.23 bits per heavy atom. The zero-order valence-corrected chi connectivity index (χ0v) is 22.5. The molecule has 7 N–H and O–H groups in total. The number of amides is 1. The molecule has 4 aliphatic rings. The van der Waals surface area contributed by atoms with Crippen LogP contribution < -0.4 is 11.1 Å². The van der Waals surface area contributed by atoms with Crippen LogP contribution in [0.5, 0.6) is 5.75 Å². The van der Waals surface area contributed by atoms with Gasteiger partial charge in [0, 0.05) is 42.3 Å². The predicted octanol–water partition coefficient (Wildman–Crippen LogP) is 0.289. The van der Waals surface area contributed by atoms with Crippen molar-refractivity contribution in [3.8, 4) is 5.75 Å². The third-order valence-corrected chi connectivity index (χ3v) is 8.85. The molecule has 0 spiro atoms. The molecule has 1 aromatic rings. The maximum atomic E-state index is 15.8. The van der Waals surface area contributed by atoms with Crippen molar-refractivity contribution in [3.05, 3.63) is 45.5 Å². The average molecular weight is 559 g/mol. The molecular formula is C28H35FN4O7. The van der Waals surface area contributed by atoms with Crippen LogP contribution in [-0.2, 0) is 27.3 Å². The van der Waals surface area contributed by atoms with Crippen LogP contribution in [0.2, 0.25) is 0 Å². The summed E-state index contributed by atoms with van der Waals surface area (Å²) in [5.74, 6) is -8.21. The number of likely N-dealkylation sites (N-methyl/N-ethyl adjacent to an activating group) is 1. The number of hydrogen-bond donors (Lipinski definition) is 6. The van der Waals surface area contributed by atoms with Gasteiger partial charge in [0.15, 0.2) is 11.4 Å². The van der Waals surface area contributed by atoms with Gasteiger partial charge < -0.3 is 36.4 Å². The van der Waals surface area contributed by atoms with E-state index >= 15 is 4.39 Å². The number of rotatable bonds is 7. The van der Waals surface area contributed by atoms with E-state index in [4.69, 9.17) is 5.73 Å².